The van der Waals surface area contributed by atoms with E-state index in [2.05, 4.69) is 4.98 Å². The number of para-hydroxylation sites is 1. The van der Waals surface area contributed by atoms with E-state index in [9.17, 15) is 9.59 Å². The molecule has 1 aromatic heterocycles. The molecule has 0 aliphatic carbocycles. The summed E-state index contributed by atoms with van der Waals surface area (Å²) < 4.78 is 10.5. The first kappa shape index (κ1) is 19.9. The van der Waals surface area contributed by atoms with Crippen molar-refractivity contribution in [3.05, 3.63) is 71.4 Å². The maximum Gasteiger partial charge on any atom is 0.331 e. The highest BCUT2D eigenvalue weighted by atomic mass is 16.5. The number of aromatic nitrogens is 1. The summed E-state index contributed by atoms with van der Waals surface area (Å²) in [5, 5.41) is 9.31. The number of carbonyl (C=O) groups excluding carboxylic acids is 2. The van der Waals surface area contributed by atoms with Gasteiger partial charge in [0, 0.05) is 28.2 Å². The minimum absolute atomic E-state index is 0.0245. The smallest absolute Gasteiger partial charge is 0.331 e. The van der Waals surface area contributed by atoms with Crippen LogP contribution in [-0.4, -0.2) is 29.4 Å². The van der Waals surface area contributed by atoms with E-state index in [1.54, 1.807) is 37.3 Å². The molecule has 0 fully saturated rings. The zero-order valence-electron chi connectivity index (χ0n) is 16.1. The average Bonchev–Trinajstić information content (AvgIpc) is 3.06. The maximum absolute atomic E-state index is 12.8. The fraction of sp³-hybridized carbons (Fsp3) is 0.174. The molecule has 0 bridgehead atoms. The molecule has 0 aliphatic heterocycles. The van der Waals surface area contributed by atoms with E-state index in [4.69, 9.17) is 14.7 Å². The lowest BCUT2D eigenvalue weighted by molar-refractivity contribution is -0.140. The van der Waals surface area contributed by atoms with Crippen LogP contribution in [0.5, 0.6) is 5.75 Å². The van der Waals surface area contributed by atoms with E-state index in [1.807, 2.05) is 37.3 Å². The summed E-state index contributed by atoms with van der Waals surface area (Å²) in [5.41, 5.74) is 2.91. The van der Waals surface area contributed by atoms with Crippen molar-refractivity contribution in [1.82, 2.24) is 4.98 Å². The molecule has 2 aromatic carbocycles. The first-order chi connectivity index (χ1) is 14.0. The summed E-state index contributed by atoms with van der Waals surface area (Å²) in [4.78, 5) is 28.1. The molecule has 0 spiro atoms. The Morgan fingerprint density at radius 1 is 1.17 bits per heavy atom. The number of benzene rings is 2. The summed E-state index contributed by atoms with van der Waals surface area (Å²) in [6.07, 6.45) is 1.95. The number of nitrogens with zero attached hydrogens (tertiary/aromatic N) is 1. The number of nitrogens with one attached hydrogen (secondary N) is 1. The number of esters is 1. The van der Waals surface area contributed by atoms with Crippen LogP contribution in [0.1, 0.15) is 28.5 Å². The molecule has 6 heteroatoms. The van der Waals surface area contributed by atoms with Crippen LogP contribution < -0.4 is 4.74 Å². The number of ether oxygens (including phenoxy) is 2. The van der Waals surface area contributed by atoms with Gasteiger partial charge in [0.25, 0.3) is 0 Å². The number of carbonyl (C=O) groups is 2. The second kappa shape index (κ2) is 8.89. The van der Waals surface area contributed by atoms with Crippen LogP contribution in [0.2, 0.25) is 0 Å². The number of aromatic amines is 1. The number of aryl methyl sites for hydroxylation is 1. The quantitative estimate of drug-likeness (QED) is 0.372. The lowest BCUT2D eigenvalue weighted by Gasteiger charge is -2.11. The van der Waals surface area contributed by atoms with E-state index < -0.39 is 12.1 Å². The number of hydrogen-bond acceptors (Lipinski definition) is 5. The van der Waals surface area contributed by atoms with Crippen LogP contribution in [0.3, 0.4) is 0 Å². The van der Waals surface area contributed by atoms with Gasteiger partial charge in [0.05, 0.1) is 0 Å². The number of H-pyrrole nitrogens is 1. The molecule has 1 N–H and O–H groups in total. The second-order valence-electron chi connectivity index (χ2n) is 6.46. The molecule has 1 atom stereocenters. The first-order valence-corrected chi connectivity index (χ1v) is 9.09. The van der Waals surface area contributed by atoms with Crippen molar-refractivity contribution in [2.45, 2.75) is 20.0 Å². The van der Waals surface area contributed by atoms with Gasteiger partial charge in [0.2, 0.25) is 5.78 Å². The standard InChI is InChI=1S/C23H20N2O4/c1-15-22(19-5-3-4-6-20(19)25-15)23(27)16(2)29-21(26)12-9-17-7-10-18(11-8-17)28-14-13-24/h3-12,16,25H,14H2,1-2H3/b12-9+. The molecule has 0 radical (unpaired) electrons. The monoisotopic (exact) mass is 388 g/mol. The summed E-state index contributed by atoms with van der Waals surface area (Å²) in [6, 6.07) is 16.3. The van der Waals surface area contributed by atoms with Crippen molar-refractivity contribution in [3.8, 4) is 11.8 Å². The van der Waals surface area contributed by atoms with Crippen molar-refractivity contribution < 1.29 is 19.1 Å². The third-order valence-corrected chi connectivity index (χ3v) is 4.40. The largest absolute Gasteiger partial charge is 0.479 e. The highest BCUT2D eigenvalue weighted by molar-refractivity contribution is 6.11. The van der Waals surface area contributed by atoms with Crippen LogP contribution in [0.25, 0.3) is 17.0 Å². The van der Waals surface area contributed by atoms with Gasteiger partial charge < -0.3 is 14.5 Å². The highest BCUT2D eigenvalue weighted by Crippen LogP contribution is 2.24. The van der Waals surface area contributed by atoms with Gasteiger partial charge in [-0.05, 0) is 43.7 Å². The Morgan fingerprint density at radius 2 is 1.90 bits per heavy atom. The predicted octanol–water partition coefficient (Wildman–Crippen LogP) is 4.21. The van der Waals surface area contributed by atoms with E-state index in [0.717, 1.165) is 22.2 Å². The Labute approximate surface area is 168 Å². The van der Waals surface area contributed by atoms with Crippen LogP contribution in [0.15, 0.2) is 54.6 Å². The molecule has 146 valence electrons. The summed E-state index contributed by atoms with van der Waals surface area (Å²) >= 11 is 0. The molecular formula is C23H20N2O4. The molecule has 0 amide bonds. The van der Waals surface area contributed by atoms with E-state index >= 15 is 0 Å². The lowest BCUT2D eigenvalue weighted by Crippen LogP contribution is -2.24. The van der Waals surface area contributed by atoms with Gasteiger partial charge >= 0.3 is 5.97 Å². The third-order valence-electron chi connectivity index (χ3n) is 4.40. The number of rotatable bonds is 7. The lowest BCUT2D eigenvalue weighted by atomic mass is 10.0. The zero-order chi connectivity index (χ0) is 20.8. The van der Waals surface area contributed by atoms with Crippen LogP contribution in [0.4, 0.5) is 0 Å². The molecule has 6 nitrogen and oxygen atoms in total. The number of hydrogen-bond donors (Lipinski definition) is 1. The van der Waals surface area contributed by atoms with Crippen LogP contribution in [0, 0.1) is 18.3 Å². The predicted molar refractivity (Wildman–Crippen MR) is 110 cm³/mol. The normalized spacial score (nSPS) is 11.9. The molecule has 3 rings (SSSR count). The molecule has 0 saturated carbocycles. The van der Waals surface area contributed by atoms with Crippen LogP contribution in [-0.2, 0) is 9.53 Å². The Balaban J connectivity index is 1.64. The number of nitriles is 1. The Hall–Kier alpha value is -3.85. The van der Waals surface area contributed by atoms with Gasteiger partial charge in [-0.3, -0.25) is 4.79 Å². The minimum atomic E-state index is -0.910. The summed E-state index contributed by atoms with van der Waals surface area (Å²) in [6.45, 7) is 3.37. The van der Waals surface area contributed by atoms with Crippen molar-refractivity contribution >= 4 is 28.7 Å². The molecule has 29 heavy (non-hydrogen) atoms. The van der Waals surface area contributed by atoms with Gasteiger partial charge in [0.15, 0.2) is 12.7 Å². The van der Waals surface area contributed by atoms with Gasteiger partial charge in [-0.15, -0.1) is 0 Å². The third kappa shape index (κ3) is 4.71. The first-order valence-electron chi connectivity index (χ1n) is 9.09. The molecular weight excluding hydrogens is 368 g/mol. The topological polar surface area (TPSA) is 92.2 Å². The molecule has 3 aromatic rings. The number of fused-ring (bicyclic) bond motifs is 1. The fourth-order valence-electron chi connectivity index (χ4n) is 3.02. The van der Waals surface area contributed by atoms with Crippen LogP contribution >= 0.6 is 0 Å². The van der Waals surface area contributed by atoms with Crippen molar-refractivity contribution in [3.63, 3.8) is 0 Å². The Morgan fingerprint density at radius 3 is 2.62 bits per heavy atom. The van der Waals surface area contributed by atoms with E-state index in [1.165, 1.54) is 6.08 Å². The Bertz CT molecular complexity index is 1100. The molecule has 1 heterocycles. The summed E-state index contributed by atoms with van der Waals surface area (Å²) in [5.74, 6) is -0.284. The SMILES string of the molecule is Cc1[nH]c2ccccc2c1C(=O)C(C)OC(=O)/C=C/c1ccc(OCC#N)cc1. The average molecular weight is 388 g/mol. The zero-order valence-corrected chi connectivity index (χ0v) is 16.1. The number of Topliss-reactive ketones (excluding diaryl/α,β-unsaturated/α-hetero) is 1. The molecule has 0 saturated heterocycles. The fourth-order valence-corrected chi connectivity index (χ4v) is 3.02. The molecule has 1 unspecified atom stereocenters. The maximum atomic E-state index is 12.8. The highest BCUT2D eigenvalue weighted by Gasteiger charge is 2.23. The number of ketones is 1. The van der Waals surface area contributed by atoms with Crippen molar-refractivity contribution in [1.29, 1.82) is 5.26 Å². The van der Waals surface area contributed by atoms with Gasteiger partial charge in [-0.1, -0.05) is 30.3 Å². The van der Waals surface area contributed by atoms with Gasteiger partial charge in [0.1, 0.15) is 11.8 Å². The minimum Gasteiger partial charge on any atom is -0.479 e. The van der Waals surface area contributed by atoms with Gasteiger partial charge in [-0.25, -0.2) is 4.79 Å². The molecule has 0 aliphatic rings. The van der Waals surface area contributed by atoms with Gasteiger partial charge in [-0.2, -0.15) is 5.26 Å². The summed E-state index contributed by atoms with van der Waals surface area (Å²) in [7, 11) is 0. The van der Waals surface area contributed by atoms with Crippen molar-refractivity contribution in [2.75, 3.05) is 6.61 Å². The van der Waals surface area contributed by atoms with Crippen molar-refractivity contribution in [2.24, 2.45) is 0 Å². The Kier molecular flexibility index (Phi) is 6.10. The second-order valence-corrected chi connectivity index (χ2v) is 6.46. The van der Waals surface area contributed by atoms with E-state index in [-0.39, 0.29) is 12.4 Å². The van der Waals surface area contributed by atoms with E-state index in [0.29, 0.717) is 11.3 Å².